The molecule has 1 atom stereocenters. The number of hydrogen-bond donors (Lipinski definition) is 2. The molecule has 2 heterocycles. The lowest BCUT2D eigenvalue weighted by Crippen LogP contribution is -2.49. The number of piperidine rings is 1. The number of likely N-dealkylation sites (tertiary alicyclic amines) is 1. The monoisotopic (exact) mass is 371 g/mol. The van der Waals surface area contributed by atoms with Crippen LogP contribution in [0, 0.1) is 12.8 Å². The fraction of sp³-hybridized carbons (Fsp3) is 0.524. The van der Waals surface area contributed by atoms with Crippen LogP contribution in [0.25, 0.3) is 0 Å². The minimum Gasteiger partial charge on any atom is -0.463 e. The summed E-state index contributed by atoms with van der Waals surface area (Å²) in [6.07, 6.45) is 2.27. The highest BCUT2D eigenvalue weighted by Gasteiger charge is 2.34. The van der Waals surface area contributed by atoms with Crippen LogP contribution in [-0.2, 0) is 9.53 Å². The minimum atomic E-state index is -0.503. The van der Waals surface area contributed by atoms with Crippen LogP contribution in [-0.4, -0.2) is 43.1 Å². The molecule has 1 saturated heterocycles. The predicted molar refractivity (Wildman–Crippen MR) is 104 cm³/mol. The molecule has 0 unspecified atom stereocenters. The van der Waals surface area contributed by atoms with Gasteiger partial charge in [0.2, 0.25) is 0 Å². The van der Waals surface area contributed by atoms with Crippen LogP contribution in [0.15, 0.2) is 35.5 Å². The van der Waals surface area contributed by atoms with Crippen molar-refractivity contribution in [3.63, 3.8) is 0 Å². The van der Waals surface area contributed by atoms with Gasteiger partial charge in [0.25, 0.3) is 0 Å². The smallest absolute Gasteiger partial charge is 0.338 e. The molecule has 2 aliphatic heterocycles. The zero-order chi connectivity index (χ0) is 19.4. The van der Waals surface area contributed by atoms with Crippen LogP contribution in [0.2, 0.25) is 0 Å². The van der Waals surface area contributed by atoms with Gasteiger partial charge in [0.05, 0.1) is 18.2 Å². The molecule has 2 amide bonds. The Labute approximate surface area is 161 Å². The standard InChI is InChI=1S/C21H29N3O3/c1-4-27-20(25)18-17(13-24-11-9-15(3)10-12-24)22-21(26)23-19(18)16-7-5-14(2)6-8-16/h5-8,15,19H,4,9-13H2,1-3H3,(H2,22,23,26)/t19-/m0/s1. The Bertz CT molecular complexity index is 719. The van der Waals surface area contributed by atoms with E-state index >= 15 is 0 Å². The van der Waals surface area contributed by atoms with E-state index in [0.29, 0.717) is 24.4 Å². The molecule has 0 aromatic heterocycles. The van der Waals surface area contributed by atoms with Gasteiger partial charge in [0.15, 0.2) is 0 Å². The molecular formula is C21H29N3O3. The Morgan fingerprint density at radius 1 is 1.22 bits per heavy atom. The van der Waals surface area contributed by atoms with E-state index in [2.05, 4.69) is 22.5 Å². The van der Waals surface area contributed by atoms with E-state index in [1.807, 2.05) is 31.2 Å². The maximum absolute atomic E-state index is 12.8. The second kappa shape index (κ2) is 8.57. The highest BCUT2D eigenvalue weighted by Crippen LogP contribution is 2.29. The first-order valence-electron chi connectivity index (χ1n) is 9.74. The summed E-state index contributed by atoms with van der Waals surface area (Å²) in [7, 11) is 0. The van der Waals surface area contributed by atoms with Crippen LogP contribution < -0.4 is 10.6 Å². The normalized spacial score (nSPS) is 21.6. The van der Waals surface area contributed by atoms with Crippen molar-refractivity contribution in [3.8, 4) is 0 Å². The average Bonchev–Trinajstić information content (AvgIpc) is 2.64. The third-order valence-electron chi connectivity index (χ3n) is 5.32. The molecule has 0 radical (unpaired) electrons. The number of nitrogens with zero attached hydrogens (tertiary/aromatic N) is 1. The van der Waals surface area contributed by atoms with E-state index in [9.17, 15) is 9.59 Å². The van der Waals surface area contributed by atoms with Crippen molar-refractivity contribution < 1.29 is 14.3 Å². The second-order valence-electron chi connectivity index (χ2n) is 7.51. The molecule has 27 heavy (non-hydrogen) atoms. The Hall–Kier alpha value is -2.34. The highest BCUT2D eigenvalue weighted by molar-refractivity contribution is 5.95. The van der Waals surface area contributed by atoms with Crippen LogP contribution in [0.3, 0.4) is 0 Å². The van der Waals surface area contributed by atoms with Gasteiger partial charge in [-0.1, -0.05) is 36.8 Å². The number of ether oxygens (including phenoxy) is 1. The lowest BCUT2D eigenvalue weighted by Gasteiger charge is -2.34. The maximum Gasteiger partial charge on any atom is 0.338 e. The molecule has 1 aromatic carbocycles. The topological polar surface area (TPSA) is 70.7 Å². The van der Waals surface area contributed by atoms with Gasteiger partial charge >= 0.3 is 12.0 Å². The third-order valence-corrected chi connectivity index (χ3v) is 5.32. The predicted octanol–water partition coefficient (Wildman–Crippen LogP) is 2.90. The molecule has 3 rings (SSSR count). The third kappa shape index (κ3) is 4.69. The van der Waals surface area contributed by atoms with Crippen molar-refractivity contribution in [1.82, 2.24) is 15.5 Å². The minimum absolute atomic E-state index is 0.283. The number of aryl methyl sites for hydroxylation is 1. The molecule has 2 aliphatic rings. The molecular weight excluding hydrogens is 342 g/mol. The Morgan fingerprint density at radius 2 is 1.89 bits per heavy atom. The van der Waals surface area contributed by atoms with Crippen LogP contribution >= 0.6 is 0 Å². The van der Waals surface area contributed by atoms with Crippen molar-refractivity contribution >= 4 is 12.0 Å². The molecule has 6 nitrogen and oxygen atoms in total. The summed E-state index contributed by atoms with van der Waals surface area (Å²) in [5, 5.41) is 5.75. The van der Waals surface area contributed by atoms with E-state index in [-0.39, 0.29) is 12.0 Å². The molecule has 1 aromatic rings. The van der Waals surface area contributed by atoms with Crippen molar-refractivity contribution in [2.75, 3.05) is 26.2 Å². The fourth-order valence-corrected chi connectivity index (χ4v) is 3.65. The Kier molecular flexibility index (Phi) is 6.16. The number of benzene rings is 1. The quantitative estimate of drug-likeness (QED) is 0.781. The van der Waals surface area contributed by atoms with Gasteiger partial charge < -0.3 is 15.4 Å². The summed E-state index contributed by atoms with van der Waals surface area (Å²) in [5.41, 5.74) is 3.16. The largest absolute Gasteiger partial charge is 0.463 e. The van der Waals surface area contributed by atoms with Crippen molar-refractivity contribution in [3.05, 3.63) is 46.7 Å². The SMILES string of the molecule is CCOC(=O)C1=C(CN2CCC(C)CC2)NC(=O)N[C@H]1c1ccc(C)cc1. The van der Waals surface area contributed by atoms with Gasteiger partial charge in [-0.2, -0.15) is 0 Å². The highest BCUT2D eigenvalue weighted by atomic mass is 16.5. The van der Waals surface area contributed by atoms with Gasteiger partial charge in [-0.05, 0) is 51.3 Å². The van der Waals surface area contributed by atoms with Gasteiger partial charge in [0, 0.05) is 12.2 Å². The number of carbonyl (C=O) groups excluding carboxylic acids is 2. The number of urea groups is 1. The van der Waals surface area contributed by atoms with E-state index in [1.165, 1.54) is 0 Å². The number of rotatable bonds is 5. The summed E-state index contributed by atoms with van der Waals surface area (Å²) in [6, 6.07) is 7.08. The first-order valence-corrected chi connectivity index (χ1v) is 9.74. The van der Waals surface area contributed by atoms with E-state index in [1.54, 1.807) is 6.92 Å². The van der Waals surface area contributed by atoms with Crippen LogP contribution in [0.4, 0.5) is 4.79 Å². The first-order chi connectivity index (χ1) is 13.0. The second-order valence-corrected chi connectivity index (χ2v) is 7.51. The fourth-order valence-electron chi connectivity index (χ4n) is 3.65. The molecule has 0 aliphatic carbocycles. The van der Waals surface area contributed by atoms with Gasteiger partial charge in [-0.25, -0.2) is 9.59 Å². The molecule has 146 valence electrons. The molecule has 6 heteroatoms. The summed E-state index contributed by atoms with van der Waals surface area (Å²) in [4.78, 5) is 27.4. The molecule has 0 saturated carbocycles. The summed E-state index contributed by atoms with van der Waals surface area (Å²) in [5.74, 6) is 0.346. The zero-order valence-corrected chi connectivity index (χ0v) is 16.4. The maximum atomic E-state index is 12.8. The van der Waals surface area contributed by atoms with Crippen molar-refractivity contribution in [1.29, 1.82) is 0 Å². The summed E-state index contributed by atoms with van der Waals surface area (Å²) in [6.45, 7) is 8.86. The summed E-state index contributed by atoms with van der Waals surface area (Å²) >= 11 is 0. The number of carbonyl (C=O) groups is 2. The van der Waals surface area contributed by atoms with Gasteiger partial charge in [-0.15, -0.1) is 0 Å². The molecule has 0 spiro atoms. The average molecular weight is 371 g/mol. The lowest BCUT2D eigenvalue weighted by atomic mass is 9.93. The van der Waals surface area contributed by atoms with E-state index in [0.717, 1.165) is 43.0 Å². The molecule has 0 bridgehead atoms. The Balaban J connectivity index is 1.94. The first kappa shape index (κ1) is 19.4. The number of hydrogen-bond acceptors (Lipinski definition) is 4. The zero-order valence-electron chi connectivity index (χ0n) is 16.4. The van der Waals surface area contributed by atoms with Crippen LogP contribution in [0.5, 0.6) is 0 Å². The number of amides is 2. The van der Waals surface area contributed by atoms with E-state index in [4.69, 9.17) is 4.74 Å². The lowest BCUT2D eigenvalue weighted by molar-refractivity contribution is -0.139. The molecule has 2 N–H and O–H groups in total. The van der Waals surface area contributed by atoms with Crippen LogP contribution in [0.1, 0.15) is 43.9 Å². The van der Waals surface area contributed by atoms with Crippen molar-refractivity contribution in [2.45, 2.75) is 39.7 Å². The number of nitrogens with one attached hydrogen (secondary N) is 2. The van der Waals surface area contributed by atoms with Crippen molar-refractivity contribution in [2.24, 2.45) is 5.92 Å². The van der Waals surface area contributed by atoms with Gasteiger partial charge in [-0.3, -0.25) is 4.90 Å². The molecule has 1 fully saturated rings. The van der Waals surface area contributed by atoms with Gasteiger partial charge in [0.1, 0.15) is 0 Å². The number of esters is 1. The summed E-state index contributed by atoms with van der Waals surface area (Å²) < 4.78 is 5.32. The Morgan fingerprint density at radius 3 is 2.52 bits per heavy atom. The van der Waals surface area contributed by atoms with E-state index < -0.39 is 6.04 Å².